The molecule has 3 aromatic heterocycles. The molecule has 6 rings (SSSR count). The van der Waals surface area contributed by atoms with E-state index in [1.165, 1.54) is 47.3 Å². The average Bonchev–Trinajstić information content (AvgIpc) is 3.68. The summed E-state index contributed by atoms with van der Waals surface area (Å²) in [5.41, 5.74) is 0.246. The van der Waals surface area contributed by atoms with Crippen molar-refractivity contribution >= 4 is 78.7 Å². The predicted octanol–water partition coefficient (Wildman–Crippen LogP) is 4.63. The Morgan fingerprint density at radius 2 is 1.74 bits per heavy atom. The van der Waals surface area contributed by atoms with E-state index in [0.717, 1.165) is 15.5 Å². The fourth-order valence-corrected chi connectivity index (χ4v) is 6.16. The standard InChI is InChI=1S/C32H24F2N4O6S.K/c1-3-20-14-23-29(40)37(16-26(39)18-10-11-27(43-2)25(34)13-18)32(42)38(30(23)45-20)15-19-9-8-17(12-24(19)33)21-6-4-5-7-22(21)28-35-31(41)44-36-28;/h4-14H,3,15-16H2,1-2H3,(H,35,36,41);. The number of hydrogen-bond acceptors (Lipinski definition) is 8. The van der Waals surface area contributed by atoms with Crippen LogP contribution in [0.5, 0.6) is 5.75 Å². The van der Waals surface area contributed by atoms with Crippen LogP contribution in [-0.4, -0.2) is 83.6 Å². The van der Waals surface area contributed by atoms with Crippen LogP contribution in [0.4, 0.5) is 8.78 Å². The van der Waals surface area contributed by atoms with Gasteiger partial charge in [0.05, 0.1) is 25.6 Å². The summed E-state index contributed by atoms with van der Waals surface area (Å²) in [6.07, 6.45) is 0.594. The van der Waals surface area contributed by atoms with Gasteiger partial charge < -0.3 is 4.74 Å². The summed E-state index contributed by atoms with van der Waals surface area (Å²) in [6.45, 7) is 1.03. The molecule has 0 saturated heterocycles. The van der Waals surface area contributed by atoms with Crippen LogP contribution in [0, 0.1) is 11.6 Å². The molecule has 0 aliphatic rings. The zero-order valence-electron chi connectivity index (χ0n) is 24.9. The third kappa shape index (κ3) is 6.41. The Morgan fingerprint density at radius 1 is 0.978 bits per heavy atom. The van der Waals surface area contributed by atoms with Gasteiger partial charge in [-0.2, -0.15) is 0 Å². The summed E-state index contributed by atoms with van der Waals surface area (Å²) in [6, 6.07) is 16.7. The van der Waals surface area contributed by atoms with Gasteiger partial charge in [0.25, 0.3) is 5.56 Å². The Balaban J connectivity index is 0.00000417. The van der Waals surface area contributed by atoms with Crippen molar-refractivity contribution in [3.8, 4) is 28.3 Å². The Labute approximate surface area is 305 Å². The molecule has 0 unspecified atom stereocenters. The van der Waals surface area contributed by atoms with Crippen LogP contribution in [-0.2, 0) is 19.5 Å². The van der Waals surface area contributed by atoms with Crippen molar-refractivity contribution in [1.29, 1.82) is 0 Å². The predicted molar refractivity (Wildman–Crippen MR) is 170 cm³/mol. The van der Waals surface area contributed by atoms with E-state index in [4.69, 9.17) is 4.74 Å². The van der Waals surface area contributed by atoms with Crippen molar-refractivity contribution in [3.63, 3.8) is 0 Å². The molecule has 0 fully saturated rings. The van der Waals surface area contributed by atoms with Crippen molar-refractivity contribution in [2.24, 2.45) is 0 Å². The van der Waals surface area contributed by atoms with Crippen LogP contribution in [0.2, 0.25) is 0 Å². The maximum atomic E-state index is 15.7. The number of rotatable bonds is 9. The van der Waals surface area contributed by atoms with E-state index < -0.39 is 41.0 Å². The van der Waals surface area contributed by atoms with Crippen molar-refractivity contribution in [2.75, 3.05) is 7.11 Å². The first-order valence-corrected chi connectivity index (χ1v) is 14.6. The molecular weight excluding hydrogens is 646 g/mol. The number of thiophene rings is 1. The second-order valence-corrected chi connectivity index (χ2v) is 11.2. The number of Topliss-reactive ketones (excluding diaryl/α,β-unsaturated/α-hetero) is 1. The number of nitrogens with one attached hydrogen (secondary N) is 1. The van der Waals surface area contributed by atoms with E-state index in [1.54, 1.807) is 36.4 Å². The van der Waals surface area contributed by atoms with Gasteiger partial charge in [-0.15, -0.1) is 11.3 Å². The molecule has 14 heteroatoms. The molecule has 0 atom stereocenters. The van der Waals surface area contributed by atoms with Crippen molar-refractivity contribution in [3.05, 3.63) is 126 Å². The van der Waals surface area contributed by atoms with Crippen LogP contribution < -0.4 is 21.7 Å². The van der Waals surface area contributed by atoms with E-state index in [-0.39, 0.29) is 86.0 Å². The minimum atomic E-state index is -0.803. The number of carbonyl (C=O) groups is 1. The van der Waals surface area contributed by atoms with Crippen LogP contribution in [0.1, 0.15) is 27.7 Å². The topological polar surface area (TPSA) is 129 Å². The van der Waals surface area contributed by atoms with Crippen LogP contribution >= 0.6 is 11.3 Å². The summed E-state index contributed by atoms with van der Waals surface area (Å²) < 4.78 is 41.6. The Morgan fingerprint density at radius 3 is 2.39 bits per heavy atom. The van der Waals surface area contributed by atoms with E-state index in [0.29, 0.717) is 27.9 Å². The SMILES string of the molecule is CCc1cc2c(=O)n(CC(=O)c3ccc(OC)c(F)c3)c(=O)n(Cc3ccc(-c4ccccc4-c4noc(=O)[nH]4)cc3F)c2s1.[K]. The summed E-state index contributed by atoms with van der Waals surface area (Å²) >= 11 is 1.24. The Hall–Kier alpha value is -3.79. The summed E-state index contributed by atoms with van der Waals surface area (Å²) in [5.74, 6) is -2.63. The van der Waals surface area contributed by atoms with Gasteiger partial charge in [0.1, 0.15) is 10.6 Å². The van der Waals surface area contributed by atoms with Gasteiger partial charge in [0.2, 0.25) is 0 Å². The van der Waals surface area contributed by atoms with E-state index in [9.17, 15) is 23.6 Å². The minimum Gasteiger partial charge on any atom is -0.494 e. The number of aryl methyl sites for hydroxylation is 1. The van der Waals surface area contributed by atoms with Crippen molar-refractivity contribution in [2.45, 2.75) is 26.4 Å². The molecular formula is C32H24F2KN4O6S. The number of hydrogen-bond donors (Lipinski definition) is 1. The number of ether oxygens (including phenoxy) is 1. The minimum absolute atomic E-state index is 0. The van der Waals surface area contributed by atoms with Crippen molar-refractivity contribution in [1.82, 2.24) is 19.3 Å². The number of aromatic amines is 1. The fourth-order valence-electron chi connectivity index (χ4n) is 5.08. The smallest absolute Gasteiger partial charge is 0.439 e. The molecule has 0 bridgehead atoms. The molecule has 3 aromatic carbocycles. The van der Waals surface area contributed by atoms with E-state index in [1.807, 2.05) is 6.92 Å². The molecule has 0 amide bonds. The van der Waals surface area contributed by atoms with Gasteiger partial charge in [-0.1, -0.05) is 48.5 Å². The van der Waals surface area contributed by atoms with Crippen LogP contribution in [0.25, 0.3) is 32.7 Å². The molecule has 10 nitrogen and oxygen atoms in total. The molecule has 0 spiro atoms. The number of nitrogens with zero attached hydrogens (tertiary/aromatic N) is 3. The normalized spacial score (nSPS) is 11.0. The average molecular weight is 670 g/mol. The summed E-state index contributed by atoms with van der Waals surface area (Å²) in [5, 5.41) is 3.95. The zero-order chi connectivity index (χ0) is 31.8. The number of H-pyrrole nitrogens is 1. The Kier molecular flexibility index (Phi) is 10.1. The molecule has 1 radical (unpaired) electrons. The maximum Gasteiger partial charge on any atom is 0.439 e. The van der Waals surface area contributed by atoms with Crippen LogP contribution in [0.15, 0.2) is 85.6 Å². The van der Waals surface area contributed by atoms with E-state index in [2.05, 4.69) is 14.7 Å². The largest absolute Gasteiger partial charge is 0.494 e. The van der Waals surface area contributed by atoms with Crippen molar-refractivity contribution < 1.29 is 22.8 Å². The summed E-state index contributed by atoms with van der Waals surface area (Å²) in [4.78, 5) is 55.5. The maximum absolute atomic E-state index is 15.7. The quantitative estimate of drug-likeness (QED) is 0.176. The van der Waals surface area contributed by atoms with Gasteiger partial charge >= 0.3 is 11.4 Å². The van der Waals surface area contributed by atoms with Gasteiger partial charge in [-0.25, -0.2) is 18.4 Å². The second-order valence-electron chi connectivity index (χ2n) is 10.1. The van der Waals surface area contributed by atoms with Crippen LogP contribution in [0.3, 0.4) is 0 Å². The number of aromatic nitrogens is 4. The first kappa shape index (κ1) is 33.6. The number of carbonyl (C=O) groups excluding carboxylic acids is 1. The van der Waals surface area contributed by atoms with Gasteiger partial charge in [0, 0.05) is 73.0 Å². The number of fused-ring (bicyclic) bond motifs is 1. The molecule has 0 saturated carbocycles. The molecule has 1 N–H and O–H groups in total. The molecule has 6 aromatic rings. The third-order valence-electron chi connectivity index (χ3n) is 7.38. The van der Waals surface area contributed by atoms with Gasteiger partial charge in [0.15, 0.2) is 23.2 Å². The monoisotopic (exact) mass is 669 g/mol. The first-order valence-electron chi connectivity index (χ1n) is 13.8. The number of methoxy groups -OCH3 is 1. The van der Waals surface area contributed by atoms with Gasteiger partial charge in [-0.3, -0.25) is 28.2 Å². The number of ketones is 1. The zero-order valence-corrected chi connectivity index (χ0v) is 28.9. The molecule has 0 aliphatic carbocycles. The Bertz CT molecular complexity index is 2290. The fraction of sp³-hybridized carbons (Fsp3) is 0.156. The number of halogens is 2. The van der Waals surface area contributed by atoms with E-state index >= 15 is 4.39 Å². The third-order valence-corrected chi connectivity index (χ3v) is 8.69. The first-order chi connectivity index (χ1) is 21.7. The van der Waals surface area contributed by atoms with Gasteiger partial charge in [-0.05, 0) is 47.9 Å². The molecule has 0 aliphatic heterocycles. The molecule has 46 heavy (non-hydrogen) atoms. The number of benzene rings is 3. The second kappa shape index (κ2) is 13.9. The molecule has 3 heterocycles. The summed E-state index contributed by atoms with van der Waals surface area (Å²) in [7, 11) is 1.29. The molecule has 229 valence electrons.